The van der Waals surface area contributed by atoms with E-state index in [0.717, 1.165) is 16.8 Å². The number of carbonyl (C=O) groups excluding carboxylic acids is 2. The van der Waals surface area contributed by atoms with Crippen LogP contribution < -0.4 is 5.32 Å². The average molecular weight is 442 g/mol. The van der Waals surface area contributed by atoms with Gasteiger partial charge in [-0.05, 0) is 25.0 Å². The van der Waals surface area contributed by atoms with Gasteiger partial charge in [-0.3, -0.25) is 19.2 Å². The molecule has 2 heterocycles. The Morgan fingerprint density at radius 3 is 2.74 bits per heavy atom. The standard InChI is InChI=1S/C22H27N5O3S/c1-16-18(14-26(2)25-16)12-19-21(29)27(10-7-11-30-3)22(24-19)31-15-20(28)23-13-17-8-5-4-6-9-17/h4-6,8-9,12,14H,7,10-11,13,15H2,1-3H3,(H,23,28). The topological polar surface area (TPSA) is 88.8 Å². The molecule has 0 bridgehead atoms. The van der Waals surface area contributed by atoms with Crippen molar-refractivity contribution in [1.29, 1.82) is 0 Å². The average Bonchev–Trinajstić information content (AvgIpc) is 3.24. The van der Waals surface area contributed by atoms with Crippen molar-refractivity contribution in [1.82, 2.24) is 20.0 Å². The van der Waals surface area contributed by atoms with Crippen LogP contribution in [0.4, 0.5) is 0 Å². The van der Waals surface area contributed by atoms with Gasteiger partial charge in [0.1, 0.15) is 5.70 Å². The van der Waals surface area contributed by atoms with Crippen molar-refractivity contribution in [3.05, 3.63) is 59.0 Å². The second kappa shape index (κ2) is 10.9. The summed E-state index contributed by atoms with van der Waals surface area (Å²) >= 11 is 1.26. The third-order valence-electron chi connectivity index (χ3n) is 4.65. The molecule has 8 nitrogen and oxygen atoms in total. The van der Waals surface area contributed by atoms with Crippen LogP contribution >= 0.6 is 11.8 Å². The van der Waals surface area contributed by atoms with Crippen LogP contribution in [0.3, 0.4) is 0 Å². The minimum absolute atomic E-state index is 0.110. The number of hydrogen-bond donors (Lipinski definition) is 1. The van der Waals surface area contributed by atoms with Crippen LogP contribution in [0.1, 0.15) is 23.2 Å². The number of nitrogens with zero attached hydrogens (tertiary/aromatic N) is 4. The first kappa shape index (κ1) is 22.8. The minimum Gasteiger partial charge on any atom is -0.385 e. The zero-order valence-corrected chi connectivity index (χ0v) is 18.8. The molecule has 0 saturated carbocycles. The number of carbonyl (C=O) groups is 2. The van der Waals surface area contributed by atoms with Gasteiger partial charge in [-0.15, -0.1) is 0 Å². The molecule has 9 heteroatoms. The van der Waals surface area contributed by atoms with Gasteiger partial charge in [-0.2, -0.15) is 5.10 Å². The number of aromatic nitrogens is 2. The van der Waals surface area contributed by atoms with Crippen molar-refractivity contribution >= 4 is 34.8 Å². The second-order valence-corrected chi connectivity index (χ2v) is 8.06. The molecule has 1 aromatic heterocycles. The normalized spacial score (nSPS) is 14.9. The SMILES string of the molecule is COCCCN1C(=O)C(=Cc2cn(C)nc2C)N=C1SCC(=O)NCc1ccccc1. The highest BCUT2D eigenvalue weighted by molar-refractivity contribution is 8.14. The Hall–Kier alpha value is -2.91. The number of benzene rings is 1. The fourth-order valence-electron chi connectivity index (χ4n) is 3.09. The summed E-state index contributed by atoms with van der Waals surface area (Å²) in [4.78, 5) is 31.4. The van der Waals surface area contributed by atoms with Crippen molar-refractivity contribution in [2.75, 3.05) is 26.0 Å². The summed E-state index contributed by atoms with van der Waals surface area (Å²) in [6.07, 6.45) is 4.28. The number of ether oxygens (including phenoxy) is 1. The molecule has 0 spiro atoms. The number of nitrogens with one attached hydrogen (secondary N) is 1. The molecule has 0 aliphatic carbocycles. The fourth-order valence-corrected chi connectivity index (χ4v) is 3.94. The van der Waals surface area contributed by atoms with Gasteiger partial charge in [-0.25, -0.2) is 4.99 Å². The van der Waals surface area contributed by atoms with Gasteiger partial charge in [0.2, 0.25) is 5.91 Å². The van der Waals surface area contributed by atoms with Crippen molar-refractivity contribution in [3.63, 3.8) is 0 Å². The predicted molar refractivity (Wildman–Crippen MR) is 122 cm³/mol. The van der Waals surface area contributed by atoms with Gasteiger partial charge >= 0.3 is 0 Å². The van der Waals surface area contributed by atoms with Crippen molar-refractivity contribution < 1.29 is 14.3 Å². The lowest BCUT2D eigenvalue weighted by molar-refractivity contribution is -0.122. The number of methoxy groups -OCH3 is 1. The largest absolute Gasteiger partial charge is 0.385 e. The van der Waals surface area contributed by atoms with Crippen LogP contribution in [0.5, 0.6) is 0 Å². The summed E-state index contributed by atoms with van der Waals surface area (Å²) in [5.74, 6) is -0.105. The highest BCUT2D eigenvalue weighted by Crippen LogP contribution is 2.25. The second-order valence-electron chi connectivity index (χ2n) is 7.12. The zero-order valence-electron chi connectivity index (χ0n) is 18.0. The van der Waals surface area contributed by atoms with Crippen LogP contribution in [0.2, 0.25) is 0 Å². The maximum absolute atomic E-state index is 12.9. The quantitative estimate of drug-likeness (QED) is 0.477. The van der Waals surface area contributed by atoms with E-state index >= 15 is 0 Å². The van der Waals surface area contributed by atoms with Gasteiger partial charge in [0, 0.05) is 45.6 Å². The number of amidine groups is 1. The van der Waals surface area contributed by atoms with E-state index in [1.807, 2.05) is 50.5 Å². The predicted octanol–water partition coefficient (Wildman–Crippen LogP) is 2.35. The highest BCUT2D eigenvalue weighted by atomic mass is 32.2. The molecule has 31 heavy (non-hydrogen) atoms. The van der Waals surface area contributed by atoms with Gasteiger partial charge in [0.05, 0.1) is 11.4 Å². The lowest BCUT2D eigenvalue weighted by Gasteiger charge is -2.17. The molecular formula is C22H27N5O3S. The maximum Gasteiger partial charge on any atom is 0.278 e. The summed E-state index contributed by atoms with van der Waals surface area (Å²) in [6.45, 7) is 3.38. The Labute approximate surface area is 186 Å². The summed E-state index contributed by atoms with van der Waals surface area (Å²) in [5, 5.41) is 7.74. The first-order valence-corrected chi connectivity index (χ1v) is 11.0. The number of rotatable bonds is 9. The van der Waals surface area contributed by atoms with Crippen molar-refractivity contribution in [2.45, 2.75) is 19.9 Å². The molecule has 0 fully saturated rings. The molecule has 1 aromatic carbocycles. The monoisotopic (exact) mass is 441 g/mol. The third-order valence-corrected chi connectivity index (χ3v) is 5.63. The first-order chi connectivity index (χ1) is 15.0. The molecule has 0 radical (unpaired) electrons. The highest BCUT2D eigenvalue weighted by Gasteiger charge is 2.30. The lowest BCUT2D eigenvalue weighted by atomic mass is 10.2. The zero-order chi connectivity index (χ0) is 22.2. The Balaban J connectivity index is 1.67. The van der Waals surface area contributed by atoms with Gasteiger partial charge < -0.3 is 10.1 Å². The number of aliphatic imine (C=N–C) groups is 1. The third kappa shape index (κ3) is 6.28. The Kier molecular flexibility index (Phi) is 8.02. The Morgan fingerprint density at radius 1 is 1.29 bits per heavy atom. The summed E-state index contributed by atoms with van der Waals surface area (Å²) in [5.41, 5.74) is 3.05. The van der Waals surface area contributed by atoms with E-state index in [2.05, 4.69) is 15.4 Å². The number of thioether (sulfide) groups is 1. The van der Waals surface area contributed by atoms with E-state index in [0.29, 0.717) is 37.0 Å². The Morgan fingerprint density at radius 2 is 2.06 bits per heavy atom. The first-order valence-electron chi connectivity index (χ1n) is 10.0. The van der Waals surface area contributed by atoms with Crippen LogP contribution in [0.25, 0.3) is 6.08 Å². The van der Waals surface area contributed by atoms with Gasteiger partial charge in [0.15, 0.2) is 5.17 Å². The van der Waals surface area contributed by atoms with E-state index < -0.39 is 0 Å². The summed E-state index contributed by atoms with van der Waals surface area (Å²) < 4.78 is 6.81. The maximum atomic E-state index is 12.9. The van der Waals surface area contributed by atoms with Crippen molar-refractivity contribution in [3.8, 4) is 0 Å². The smallest absolute Gasteiger partial charge is 0.278 e. The van der Waals surface area contributed by atoms with Gasteiger partial charge in [0.25, 0.3) is 5.91 Å². The van der Waals surface area contributed by atoms with Crippen LogP contribution in [0, 0.1) is 6.92 Å². The molecule has 1 N–H and O–H groups in total. The molecular weight excluding hydrogens is 414 g/mol. The molecule has 2 amide bonds. The van der Waals surface area contributed by atoms with Crippen molar-refractivity contribution in [2.24, 2.45) is 12.0 Å². The summed E-state index contributed by atoms with van der Waals surface area (Å²) in [6, 6.07) is 9.73. The molecule has 164 valence electrons. The van der Waals surface area contributed by atoms with Gasteiger partial charge in [-0.1, -0.05) is 42.1 Å². The minimum atomic E-state index is -0.174. The van der Waals surface area contributed by atoms with Crippen LogP contribution in [-0.4, -0.2) is 57.7 Å². The Bertz CT molecular complexity index is 984. The van der Waals surface area contributed by atoms with Crippen LogP contribution in [0.15, 0.2) is 47.2 Å². The molecule has 0 saturated heterocycles. The van der Waals surface area contributed by atoms with E-state index in [1.54, 1.807) is 22.8 Å². The lowest BCUT2D eigenvalue weighted by Crippen LogP contribution is -2.33. The number of aryl methyl sites for hydroxylation is 2. The number of amides is 2. The molecule has 3 rings (SSSR count). The summed E-state index contributed by atoms with van der Waals surface area (Å²) in [7, 11) is 3.46. The molecule has 2 aromatic rings. The van der Waals surface area contributed by atoms with E-state index in [1.165, 1.54) is 11.8 Å². The number of hydrogen-bond acceptors (Lipinski definition) is 6. The van der Waals surface area contributed by atoms with E-state index in [-0.39, 0.29) is 17.6 Å². The van der Waals surface area contributed by atoms with E-state index in [9.17, 15) is 9.59 Å². The molecule has 1 aliphatic heterocycles. The van der Waals surface area contributed by atoms with E-state index in [4.69, 9.17) is 4.74 Å². The molecule has 1 aliphatic rings. The van der Waals surface area contributed by atoms with Crippen LogP contribution in [-0.2, 0) is 27.9 Å². The molecule has 0 unspecified atom stereocenters. The fraction of sp³-hybridized carbons (Fsp3) is 0.364. The molecule has 0 atom stereocenters.